The molecular formula is C10H11Br2NO2. The summed E-state index contributed by atoms with van der Waals surface area (Å²) >= 11 is 6.70. The largest absolute Gasteiger partial charge is 0.449 e. The molecule has 2 unspecified atom stereocenters. The van der Waals surface area contributed by atoms with E-state index in [0.717, 1.165) is 5.56 Å². The van der Waals surface area contributed by atoms with E-state index < -0.39 is 4.83 Å². The highest BCUT2D eigenvalue weighted by molar-refractivity contribution is 9.12. The Morgan fingerprint density at radius 1 is 1.33 bits per heavy atom. The number of esters is 1. The van der Waals surface area contributed by atoms with Crippen molar-refractivity contribution >= 4 is 37.8 Å². The molecule has 0 saturated carbocycles. The van der Waals surface area contributed by atoms with Gasteiger partial charge in [-0.2, -0.15) is 0 Å². The lowest BCUT2D eigenvalue weighted by Crippen LogP contribution is -2.24. The van der Waals surface area contributed by atoms with Crippen LogP contribution in [0.4, 0.5) is 0 Å². The van der Waals surface area contributed by atoms with E-state index in [9.17, 15) is 4.79 Å². The van der Waals surface area contributed by atoms with Crippen LogP contribution in [0.5, 0.6) is 0 Å². The van der Waals surface area contributed by atoms with Crippen LogP contribution in [0.2, 0.25) is 0 Å². The van der Waals surface area contributed by atoms with Gasteiger partial charge in [-0.15, -0.1) is 0 Å². The Kier molecular flexibility index (Phi) is 5.28. The molecule has 0 aliphatic rings. The van der Waals surface area contributed by atoms with Gasteiger partial charge in [0.1, 0.15) is 11.6 Å². The number of nitrogens with two attached hydrogens (primary N) is 1. The van der Waals surface area contributed by atoms with Crippen molar-refractivity contribution in [2.24, 2.45) is 5.73 Å². The summed E-state index contributed by atoms with van der Waals surface area (Å²) < 4.78 is 4.71. The van der Waals surface area contributed by atoms with Crippen molar-refractivity contribution in [3.63, 3.8) is 0 Å². The van der Waals surface area contributed by atoms with Crippen LogP contribution in [0.15, 0.2) is 30.3 Å². The SMILES string of the molecule is NCOC(=O)C(Br)C(Br)c1ccccc1. The summed E-state index contributed by atoms with van der Waals surface area (Å²) in [6.07, 6.45) is 0. The molecule has 82 valence electrons. The lowest BCUT2D eigenvalue weighted by molar-refractivity contribution is -0.142. The van der Waals surface area contributed by atoms with Gasteiger partial charge >= 0.3 is 5.97 Å². The average molecular weight is 337 g/mol. The van der Waals surface area contributed by atoms with Crippen LogP contribution in [0.1, 0.15) is 10.4 Å². The molecule has 1 aromatic rings. The number of carbonyl (C=O) groups excluding carboxylic acids is 1. The summed E-state index contributed by atoms with van der Waals surface area (Å²) in [5.41, 5.74) is 6.13. The topological polar surface area (TPSA) is 52.3 Å². The number of hydrogen-bond acceptors (Lipinski definition) is 3. The van der Waals surface area contributed by atoms with Crippen molar-refractivity contribution in [2.75, 3.05) is 6.73 Å². The van der Waals surface area contributed by atoms with Crippen molar-refractivity contribution in [2.45, 2.75) is 9.65 Å². The molecule has 0 fully saturated rings. The van der Waals surface area contributed by atoms with Crippen LogP contribution in [0.3, 0.4) is 0 Å². The highest BCUT2D eigenvalue weighted by Gasteiger charge is 2.25. The van der Waals surface area contributed by atoms with Gasteiger partial charge in [0.2, 0.25) is 0 Å². The van der Waals surface area contributed by atoms with Gasteiger partial charge in [0.15, 0.2) is 0 Å². The molecule has 0 bridgehead atoms. The summed E-state index contributed by atoms with van der Waals surface area (Å²) in [7, 11) is 0. The first-order valence-corrected chi connectivity index (χ1v) is 6.19. The quantitative estimate of drug-likeness (QED) is 0.521. The van der Waals surface area contributed by atoms with Crippen LogP contribution in [0.25, 0.3) is 0 Å². The second-order valence-corrected chi connectivity index (χ2v) is 4.82. The van der Waals surface area contributed by atoms with Gasteiger partial charge in [-0.1, -0.05) is 62.2 Å². The van der Waals surface area contributed by atoms with Gasteiger partial charge in [0.25, 0.3) is 0 Å². The number of ether oxygens (including phenoxy) is 1. The van der Waals surface area contributed by atoms with Crippen LogP contribution in [-0.4, -0.2) is 17.5 Å². The molecule has 0 radical (unpaired) electrons. The fourth-order valence-electron chi connectivity index (χ4n) is 1.09. The minimum atomic E-state index is -0.441. The molecule has 0 aromatic heterocycles. The van der Waals surface area contributed by atoms with Crippen molar-refractivity contribution in [1.29, 1.82) is 0 Å². The first-order chi connectivity index (χ1) is 7.16. The molecule has 0 heterocycles. The van der Waals surface area contributed by atoms with E-state index in [-0.39, 0.29) is 17.5 Å². The smallest absolute Gasteiger partial charge is 0.322 e. The van der Waals surface area contributed by atoms with E-state index in [4.69, 9.17) is 10.5 Å². The van der Waals surface area contributed by atoms with Gasteiger partial charge in [-0.05, 0) is 5.56 Å². The van der Waals surface area contributed by atoms with Crippen LogP contribution in [0, 0.1) is 0 Å². The van der Waals surface area contributed by atoms with Crippen LogP contribution >= 0.6 is 31.9 Å². The molecule has 3 nitrogen and oxygen atoms in total. The summed E-state index contributed by atoms with van der Waals surface area (Å²) in [4.78, 5) is 10.8. The highest BCUT2D eigenvalue weighted by Crippen LogP contribution is 2.31. The van der Waals surface area contributed by atoms with Crippen LogP contribution in [-0.2, 0) is 9.53 Å². The number of halogens is 2. The fraction of sp³-hybridized carbons (Fsp3) is 0.300. The average Bonchev–Trinajstić information content (AvgIpc) is 2.28. The third-order valence-electron chi connectivity index (χ3n) is 1.83. The van der Waals surface area contributed by atoms with Crippen LogP contribution < -0.4 is 5.73 Å². The minimum Gasteiger partial charge on any atom is -0.449 e. The summed E-state index contributed by atoms with van der Waals surface area (Å²) in [6, 6.07) is 9.62. The normalized spacial score (nSPS) is 14.3. The van der Waals surface area contributed by atoms with Gasteiger partial charge in [-0.25, -0.2) is 0 Å². The Labute approximate surface area is 105 Å². The van der Waals surface area contributed by atoms with Crippen molar-refractivity contribution in [3.8, 4) is 0 Å². The maximum absolute atomic E-state index is 11.4. The van der Waals surface area contributed by atoms with E-state index >= 15 is 0 Å². The first kappa shape index (κ1) is 12.7. The lowest BCUT2D eigenvalue weighted by atomic mass is 10.1. The van der Waals surface area contributed by atoms with Crippen molar-refractivity contribution in [1.82, 2.24) is 0 Å². The molecule has 2 atom stereocenters. The molecule has 0 aliphatic carbocycles. The van der Waals surface area contributed by atoms with Gasteiger partial charge in [0, 0.05) is 0 Å². The zero-order valence-corrected chi connectivity index (χ0v) is 11.1. The van der Waals surface area contributed by atoms with Gasteiger partial charge < -0.3 is 4.74 Å². The lowest BCUT2D eigenvalue weighted by Gasteiger charge is -2.15. The Hall–Kier alpha value is -0.390. The van der Waals surface area contributed by atoms with E-state index in [2.05, 4.69) is 31.9 Å². The standard InChI is InChI=1S/C10H11Br2NO2/c11-8(7-4-2-1-3-5-7)9(12)10(14)15-6-13/h1-5,8-9H,6,13H2. The van der Waals surface area contributed by atoms with Gasteiger partial charge in [-0.3, -0.25) is 10.5 Å². The Bertz CT molecular complexity index is 318. The molecule has 2 N–H and O–H groups in total. The molecule has 0 spiro atoms. The summed E-state index contributed by atoms with van der Waals surface area (Å²) in [6.45, 7) is -0.102. The zero-order valence-electron chi connectivity index (χ0n) is 7.90. The monoisotopic (exact) mass is 335 g/mol. The number of hydrogen-bond donors (Lipinski definition) is 1. The molecule has 1 aromatic carbocycles. The Morgan fingerprint density at radius 2 is 1.93 bits per heavy atom. The van der Waals surface area contributed by atoms with Crippen molar-refractivity contribution < 1.29 is 9.53 Å². The number of carbonyl (C=O) groups is 1. The Balaban J connectivity index is 2.68. The summed E-state index contributed by atoms with van der Waals surface area (Å²) in [5.74, 6) is -0.372. The number of rotatable bonds is 4. The molecule has 0 saturated heterocycles. The third-order valence-corrected chi connectivity index (χ3v) is 4.49. The van der Waals surface area contributed by atoms with E-state index in [1.165, 1.54) is 0 Å². The molecule has 1 rings (SSSR count). The molecule has 0 amide bonds. The van der Waals surface area contributed by atoms with E-state index in [1.807, 2.05) is 30.3 Å². The minimum absolute atomic E-state index is 0.102. The predicted octanol–water partition coefficient (Wildman–Crippen LogP) is 2.35. The number of benzene rings is 1. The number of alkyl halides is 2. The van der Waals surface area contributed by atoms with Gasteiger partial charge in [0.05, 0.1) is 4.83 Å². The van der Waals surface area contributed by atoms with E-state index in [1.54, 1.807) is 0 Å². The second-order valence-electron chi connectivity index (χ2n) is 2.84. The first-order valence-electron chi connectivity index (χ1n) is 4.36. The zero-order chi connectivity index (χ0) is 11.3. The predicted molar refractivity (Wildman–Crippen MR) is 66.0 cm³/mol. The van der Waals surface area contributed by atoms with E-state index in [0.29, 0.717) is 0 Å². The summed E-state index contributed by atoms with van der Waals surface area (Å²) in [5, 5.41) is 0. The Morgan fingerprint density at radius 3 is 2.47 bits per heavy atom. The third kappa shape index (κ3) is 3.59. The molecule has 15 heavy (non-hydrogen) atoms. The molecular weight excluding hydrogens is 326 g/mol. The van der Waals surface area contributed by atoms with Crippen molar-refractivity contribution in [3.05, 3.63) is 35.9 Å². The highest BCUT2D eigenvalue weighted by atomic mass is 79.9. The fourth-order valence-corrected chi connectivity index (χ4v) is 2.05. The maximum atomic E-state index is 11.4. The molecule has 0 aliphatic heterocycles. The maximum Gasteiger partial charge on any atom is 0.322 e. The second kappa shape index (κ2) is 6.25. The molecule has 5 heteroatoms.